The van der Waals surface area contributed by atoms with Crippen LogP contribution in [-0.2, 0) is 20.7 Å². The first kappa shape index (κ1) is 18.8. The van der Waals surface area contributed by atoms with Crippen molar-refractivity contribution in [2.24, 2.45) is 0 Å². The van der Waals surface area contributed by atoms with Gasteiger partial charge < -0.3 is 10.1 Å². The third-order valence-electron chi connectivity index (χ3n) is 5.31. The standard InChI is InChI=1S/C18H29N5O3/c24-14-26-11-6-15-12-17(21-20-15)19-18(25)13-22-7-9-23(10-8-22)16-4-2-1-3-5-16/h12,14,16H,1-11,13H2,(H2,19,20,21,25). The lowest BCUT2D eigenvalue weighted by molar-refractivity contribution is -0.128. The van der Waals surface area contributed by atoms with Crippen molar-refractivity contribution in [3.05, 3.63) is 11.8 Å². The molecule has 2 heterocycles. The second-order valence-corrected chi connectivity index (χ2v) is 7.14. The Morgan fingerprint density at radius 1 is 1.27 bits per heavy atom. The highest BCUT2D eigenvalue weighted by molar-refractivity contribution is 5.91. The van der Waals surface area contributed by atoms with Gasteiger partial charge in [0.05, 0.1) is 18.8 Å². The summed E-state index contributed by atoms with van der Waals surface area (Å²) in [5.74, 6) is 0.549. The number of nitrogens with zero attached hydrogens (tertiary/aromatic N) is 3. The van der Waals surface area contributed by atoms with Gasteiger partial charge in [0.15, 0.2) is 0 Å². The van der Waals surface area contributed by atoms with Gasteiger partial charge in [-0.2, -0.15) is 5.10 Å². The predicted octanol–water partition coefficient (Wildman–Crippen LogP) is 1.01. The molecule has 1 saturated heterocycles. The fourth-order valence-electron chi connectivity index (χ4n) is 3.89. The summed E-state index contributed by atoms with van der Waals surface area (Å²) >= 11 is 0. The number of hydrogen-bond donors (Lipinski definition) is 2. The predicted molar refractivity (Wildman–Crippen MR) is 97.8 cm³/mol. The largest absolute Gasteiger partial charge is 0.467 e. The van der Waals surface area contributed by atoms with Crippen LogP contribution in [0.25, 0.3) is 0 Å². The van der Waals surface area contributed by atoms with E-state index >= 15 is 0 Å². The van der Waals surface area contributed by atoms with Gasteiger partial charge in [-0.15, -0.1) is 0 Å². The van der Waals surface area contributed by atoms with Gasteiger partial charge >= 0.3 is 0 Å². The summed E-state index contributed by atoms with van der Waals surface area (Å²) in [5.41, 5.74) is 0.753. The maximum Gasteiger partial charge on any atom is 0.293 e. The number of carbonyl (C=O) groups is 2. The molecule has 3 rings (SSSR count). The van der Waals surface area contributed by atoms with Crippen LogP contribution >= 0.6 is 0 Å². The molecular formula is C18H29N5O3. The van der Waals surface area contributed by atoms with Crippen LogP contribution in [0, 0.1) is 0 Å². The Morgan fingerprint density at radius 3 is 2.77 bits per heavy atom. The zero-order valence-electron chi connectivity index (χ0n) is 15.3. The van der Waals surface area contributed by atoms with Gasteiger partial charge in [0.1, 0.15) is 5.82 Å². The molecule has 1 aliphatic heterocycles. The molecule has 1 aliphatic carbocycles. The van der Waals surface area contributed by atoms with E-state index in [0.29, 0.717) is 25.3 Å². The molecule has 2 aliphatic rings. The lowest BCUT2D eigenvalue weighted by Crippen LogP contribution is -2.52. The molecule has 0 radical (unpaired) electrons. The van der Waals surface area contributed by atoms with Gasteiger partial charge in [-0.05, 0) is 12.8 Å². The van der Waals surface area contributed by atoms with Crippen molar-refractivity contribution in [2.75, 3.05) is 44.6 Å². The topological polar surface area (TPSA) is 90.6 Å². The van der Waals surface area contributed by atoms with Gasteiger partial charge in [-0.25, -0.2) is 0 Å². The smallest absolute Gasteiger partial charge is 0.293 e. The number of H-pyrrole nitrogens is 1. The molecular weight excluding hydrogens is 334 g/mol. The summed E-state index contributed by atoms with van der Waals surface area (Å²) in [6, 6.07) is 2.53. The fourth-order valence-corrected chi connectivity index (χ4v) is 3.89. The van der Waals surface area contributed by atoms with Crippen LogP contribution in [0.1, 0.15) is 37.8 Å². The first-order valence-corrected chi connectivity index (χ1v) is 9.60. The molecule has 1 amide bonds. The highest BCUT2D eigenvalue weighted by Gasteiger charge is 2.25. The van der Waals surface area contributed by atoms with E-state index in [1.54, 1.807) is 6.07 Å². The minimum atomic E-state index is -0.0320. The van der Waals surface area contributed by atoms with Crippen molar-refractivity contribution in [2.45, 2.75) is 44.6 Å². The van der Waals surface area contributed by atoms with Crippen molar-refractivity contribution in [3.8, 4) is 0 Å². The second-order valence-electron chi connectivity index (χ2n) is 7.14. The lowest BCUT2D eigenvalue weighted by atomic mass is 9.94. The Hall–Kier alpha value is -1.93. The molecule has 0 bridgehead atoms. The molecule has 0 spiro atoms. The quantitative estimate of drug-likeness (QED) is 0.529. The number of anilines is 1. The van der Waals surface area contributed by atoms with Crippen LogP contribution in [0.2, 0.25) is 0 Å². The number of aromatic nitrogens is 2. The Balaban J connectivity index is 1.37. The van der Waals surface area contributed by atoms with E-state index in [2.05, 4.69) is 30.1 Å². The van der Waals surface area contributed by atoms with Crippen LogP contribution in [-0.4, -0.2) is 77.7 Å². The van der Waals surface area contributed by atoms with Gasteiger partial charge in [0, 0.05) is 44.7 Å². The number of amides is 1. The van der Waals surface area contributed by atoms with E-state index < -0.39 is 0 Å². The van der Waals surface area contributed by atoms with Crippen LogP contribution in [0.5, 0.6) is 0 Å². The Bertz CT molecular complexity index is 577. The van der Waals surface area contributed by atoms with E-state index in [9.17, 15) is 9.59 Å². The molecule has 0 aromatic carbocycles. The summed E-state index contributed by atoms with van der Waals surface area (Å²) in [5, 5.41) is 9.74. The van der Waals surface area contributed by atoms with E-state index in [0.717, 1.165) is 37.9 Å². The number of piperazine rings is 1. The molecule has 144 valence electrons. The van der Waals surface area contributed by atoms with Crippen molar-refractivity contribution in [1.29, 1.82) is 0 Å². The Kier molecular flexibility index (Phi) is 7.02. The van der Waals surface area contributed by atoms with E-state index in [1.807, 2.05) is 0 Å². The molecule has 0 atom stereocenters. The average Bonchev–Trinajstić information content (AvgIpc) is 3.10. The zero-order chi connectivity index (χ0) is 18.2. The monoisotopic (exact) mass is 363 g/mol. The second kappa shape index (κ2) is 9.68. The number of carbonyl (C=O) groups excluding carboxylic acids is 2. The summed E-state index contributed by atoms with van der Waals surface area (Å²) in [7, 11) is 0. The molecule has 1 aromatic rings. The minimum Gasteiger partial charge on any atom is -0.467 e. The van der Waals surface area contributed by atoms with Crippen molar-refractivity contribution >= 4 is 18.2 Å². The summed E-state index contributed by atoms with van der Waals surface area (Å²) in [6.45, 7) is 5.12. The molecule has 1 saturated carbocycles. The highest BCUT2D eigenvalue weighted by atomic mass is 16.5. The van der Waals surface area contributed by atoms with E-state index in [-0.39, 0.29) is 12.5 Å². The molecule has 2 N–H and O–H groups in total. The van der Waals surface area contributed by atoms with E-state index in [4.69, 9.17) is 0 Å². The number of nitrogens with one attached hydrogen (secondary N) is 2. The van der Waals surface area contributed by atoms with Crippen LogP contribution in [0.4, 0.5) is 5.82 Å². The summed E-state index contributed by atoms with van der Waals surface area (Å²) < 4.78 is 4.65. The SMILES string of the molecule is O=COCCc1cc(NC(=O)CN2CCN(C3CCCCC3)CC2)[nH]n1. The van der Waals surface area contributed by atoms with Crippen molar-refractivity contribution in [1.82, 2.24) is 20.0 Å². The van der Waals surface area contributed by atoms with E-state index in [1.165, 1.54) is 32.1 Å². The number of hydrogen-bond acceptors (Lipinski definition) is 6. The molecule has 0 unspecified atom stereocenters. The average molecular weight is 363 g/mol. The first-order valence-electron chi connectivity index (χ1n) is 9.60. The van der Waals surface area contributed by atoms with Gasteiger partial charge in [0.25, 0.3) is 6.47 Å². The zero-order valence-corrected chi connectivity index (χ0v) is 15.3. The number of aromatic amines is 1. The first-order chi connectivity index (χ1) is 12.7. The van der Waals surface area contributed by atoms with Gasteiger partial charge in [-0.1, -0.05) is 19.3 Å². The molecule has 2 fully saturated rings. The molecule has 8 heteroatoms. The van der Waals surface area contributed by atoms with Crippen LogP contribution in [0.3, 0.4) is 0 Å². The van der Waals surface area contributed by atoms with Gasteiger partial charge in [0.2, 0.25) is 5.91 Å². The Morgan fingerprint density at radius 2 is 2.04 bits per heavy atom. The number of ether oxygens (including phenoxy) is 1. The van der Waals surface area contributed by atoms with Crippen LogP contribution in [0.15, 0.2) is 6.07 Å². The van der Waals surface area contributed by atoms with Crippen molar-refractivity contribution in [3.63, 3.8) is 0 Å². The maximum absolute atomic E-state index is 12.2. The van der Waals surface area contributed by atoms with Crippen LogP contribution < -0.4 is 5.32 Å². The summed E-state index contributed by atoms with van der Waals surface area (Å²) in [4.78, 5) is 27.2. The molecule has 8 nitrogen and oxygen atoms in total. The lowest BCUT2D eigenvalue weighted by Gasteiger charge is -2.40. The fraction of sp³-hybridized carbons (Fsp3) is 0.722. The molecule has 26 heavy (non-hydrogen) atoms. The molecule has 1 aromatic heterocycles. The third-order valence-corrected chi connectivity index (χ3v) is 5.31. The Labute approximate surface area is 154 Å². The van der Waals surface area contributed by atoms with Crippen molar-refractivity contribution < 1.29 is 14.3 Å². The number of rotatable bonds is 8. The normalized spacial score (nSPS) is 20.0. The third kappa shape index (κ3) is 5.54. The highest BCUT2D eigenvalue weighted by Crippen LogP contribution is 2.23. The van der Waals surface area contributed by atoms with Gasteiger partial charge in [-0.3, -0.25) is 24.5 Å². The summed E-state index contributed by atoms with van der Waals surface area (Å²) in [6.07, 6.45) is 7.30. The minimum absolute atomic E-state index is 0.0320. The maximum atomic E-state index is 12.2.